The van der Waals surface area contributed by atoms with E-state index in [9.17, 15) is 9.59 Å². The molecule has 7 heteroatoms. The summed E-state index contributed by atoms with van der Waals surface area (Å²) in [4.78, 5) is 32.8. The van der Waals surface area contributed by atoms with Crippen molar-refractivity contribution >= 4 is 28.5 Å². The first-order chi connectivity index (χ1) is 13.0. The molecule has 0 aliphatic rings. The molecule has 2 aromatic carbocycles. The molecule has 0 atom stereocenters. The van der Waals surface area contributed by atoms with E-state index in [-0.39, 0.29) is 18.0 Å². The van der Waals surface area contributed by atoms with Crippen LogP contribution in [0.3, 0.4) is 0 Å². The van der Waals surface area contributed by atoms with Gasteiger partial charge in [-0.25, -0.2) is 9.97 Å². The number of nitrogens with two attached hydrogens (primary N) is 2. The van der Waals surface area contributed by atoms with Gasteiger partial charge in [-0.2, -0.15) is 0 Å². The van der Waals surface area contributed by atoms with Crippen LogP contribution in [0.4, 0.5) is 5.69 Å². The highest BCUT2D eigenvalue weighted by atomic mass is 16.5. The van der Waals surface area contributed by atoms with Crippen LogP contribution in [-0.2, 0) is 16.0 Å². The molecule has 1 aromatic heterocycles. The van der Waals surface area contributed by atoms with E-state index >= 15 is 0 Å². The fourth-order valence-corrected chi connectivity index (χ4v) is 2.89. The minimum atomic E-state index is -0.603. The molecular weight excluding hydrogens is 344 g/mol. The Morgan fingerprint density at radius 3 is 2.48 bits per heavy atom. The summed E-state index contributed by atoms with van der Waals surface area (Å²) >= 11 is 0. The molecular formula is C20H20N4O3. The Bertz CT molecular complexity index is 1000. The third-order valence-electron chi connectivity index (χ3n) is 4.13. The van der Waals surface area contributed by atoms with Gasteiger partial charge < -0.3 is 16.2 Å². The van der Waals surface area contributed by atoms with E-state index in [0.717, 1.165) is 5.56 Å². The van der Waals surface area contributed by atoms with Gasteiger partial charge >= 0.3 is 5.97 Å². The zero-order valence-corrected chi connectivity index (χ0v) is 14.9. The Hall–Kier alpha value is -3.48. The zero-order chi connectivity index (χ0) is 19.4. The maximum atomic E-state index is 11.9. The van der Waals surface area contributed by atoms with Gasteiger partial charge in [0.1, 0.15) is 0 Å². The number of aromatic nitrogens is 2. The third kappa shape index (κ3) is 3.87. The Labute approximate surface area is 156 Å². The number of aryl methyl sites for hydroxylation is 1. The summed E-state index contributed by atoms with van der Waals surface area (Å²) < 4.78 is 5.00. The van der Waals surface area contributed by atoms with E-state index in [1.54, 1.807) is 19.1 Å². The number of carbonyl (C=O) groups is 2. The lowest BCUT2D eigenvalue weighted by atomic mass is 10.0. The van der Waals surface area contributed by atoms with Crippen LogP contribution in [0.5, 0.6) is 0 Å². The number of hydrogen-bond donors (Lipinski definition) is 2. The maximum absolute atomic E-state index is 11.9. The van der Waals surface area contributed by atoms with Crippen molar-refractivity contribution in [1.29, 1.82) is 0 Å². The van der Waals surface area contributed by atoms with Gasteiger partial charge in [0.15, 0.2) is 5.82 Å². The number of esters is 1. The quantitative estimate of drug-likeness (QED) is 0.512. The van der Waals surface area contributed by atoms with E-state index in [4.69, 9.17) is 16.2 Å². The molecule has 0 saturated carbocycles. The number of anilines is 1. The smallest absolute Gasteiger partial charge is 0.306 e. The second-order valence-corrected chi connectivity index (χ2v) is 5.96. The summed E-state index contributed by atoms with van der Waals surface area (Å²) in [7, 11) is 0. The lowest BCUT2D eigenvalue weighted by Gasteiger charge is -2.13. The van der Waals surface area contributed by atoms with Gasteiger partial charge in [-0.15, -0.1) is 0 Å². The number of amides is 1. The molecule has 0 fully saturated rings. The second kappa shape index (κ2) is 7.82. The van der Waals surface area contributed by atoms with E-state index < -0.39 is 5.91 Å². The fraction of sp³-hybridized carbons (Fsp3) is 0.200. The van der Waals surface area contributed by atoms with E-state index in [0.29, 0.717) is 41.1 Å². The molecule has 3 aromatic rings. The number of rotatable bonds is 6. The number of primary amides is 1. The predicted molar refractivity (Wildman–Crippen MR) is 103 cm³/mol. The van der Waals surface area contributed by atoms with Crippen LogP contribution < -0.4 is 11.5 Å². The van der Waals surface area contributed by atoms with Crippen molar-refractivity contribution in [3.63, 3.8) is 0 Å². The average Bonchev–Trinajstić information content (AvgIpc) is 2.66. The minimum Gasteiger partial charge on any atom is -0.466 e. The summed E-state index contributed by atoms with van der Waals surface area (Å²) in [5, 5.41) is 0.537. The Morgan fingerprint density at radius 2 is 1.81 bits per heavy atom. The molecule has 4 N–H and O–H groups in total. The van der Waals surface area contributed by atoms with E-state index in [1.165, 1.54) is 0 Å². The highest BCUT2D eigenvalue weighted by Gasteiger charge is 2.18. The summed E-state index contributed by atoms with van der Waals surface area (Å²) in [5.41, 5.74) is 14.1. The van der Waals surface area contributed by atoms with Gasteiger partial charge in [-0.1, -0.05) is 30.3 Å². The number of fused-ring (bicyclic) bond motifs is 1. The van der Waals surface area contributed by atoms with Gasteiger partial charge in [0.05, 0.1) is 29.8 Å². The monoisotopic (exact) mass is 364 g/mol. The van der Waals surface area contributed by atoms with E-state index in [2.05, 4.69) is 9.97 Å². The lowest BCUT2D eigenvalue weighted by molar-refractivity contribution is -0.143. The van der Waals surface area contributed by atoms with Crippen LogP contribution in [0.2, 0.25) is 0 Å². The van der Waals surface area contributed by atoms with Gasteiger partial charge in [-0.3, -0.25) is 9.59 Å². The Kier molecular flexibility index (Phi) is 5.30. The van der Waals surface area contributed by atoms with Crippen molar-refractivity contribution < 1.29 is 14.3 Å². The molecule has 0 saturated heterocycles. The average molecular weight is 364 g/mol. The SMILES string of the molecule is CCOC(=O)CCc1nc(-c2ccccc2)nc2c(C(N)=O)ccc(N)c12. The summed E-state index contributed by atoms with van der Waals surface area (Å²) in [6.07, 6.45) is 0.457. The Morgan fingerprint density at radius 1 is 1.07 bits per heavy atom. The fourth-order valence-electron chi connectivity index (χ4n) is 2.89. The highest BCUT2D eigenvalue weighted by Crippen LogP contribution is 2.29. The molecule has 27 heavy (non-hydrogen) atoms. The normalized spacial score (nSPS) is 10.7. The van der Waals surface area contributed by atoms with Crippen molar-refractivity contribution in [2.24, 2.45) is 5.73 Å². The number of ether oxygens (including phenoxy) is 1. The van der Waals surface area contributed by atoms with Crippen molar-refractivity contribution in [2.45, 2.75) is 19.8 Å². The van der Waals surface area contributed by atoms with Crippen LogP contribution in [-0.4, -0.2) is 28.5 Å². The molecule has 0 bridgehead atoms. The highest BCUT2D eigenvalue weighted by molar-refractivity contribution is 6.08. The molecule has 7 nitrogen and oxygen atoms in total. The van der Waals surface area contributed by atoms with Crippen LogP contribution in [0, 0.1) is 0 Å². The van der Waals surface area contributed by atoms with Gasteiger partial charge in [-0.05, 0) is 19.1 Å². The summed E-state index contributed by atoms with van der Waals surface area (Å²) in [6.45, 7) is 2.06. The van der Waals surface area contributed by atoms with Crippen LogP contribution in [0.15, 0.2) is 42.5 Å². The van der Waals surface area contributed by atoms with Crippen molar-refractivity contribution in [2.75, 3.05) is 12.3 Å². The van der Waals surface area contributed by atoms with Crippen LogP contribution >= 0.6 is 0 Å². The first-order valence-corrected chi connectivity index (χ1v) is 8.61. The molecule has 0 radical (unpaired) electrons. The first-order valence-electron chi connectivity index (χ1n) is 8.61. The van der Waals surface area contributed by atoms with Crippen LogP contribution in [0.1, 0.15) is 29.4 Å². The van der Waals surface area contributed by atoms with Gasteiger partial charge in [0.2, 0.25) is 0 Å². The number of carbonyl (C=O) groups excluding carboxylic acids is 2. The third-order valence-corrected chi connectivity index (χ3v) is 4.13. The van der Waals surface area contributed by atoms with Gasteiger partial charge in [0, 0.05) is 23.1 Å². The molecule has 0 spiro atoms. The molecule has 0 unspecified atom stereocenters. The predicted octanol–water partition coefficient (Wildman–Crippen LogP) is 2.47. The number of hydrogen-bond acceptors (Lipinski definition) is 6. The summed E-state index contributed by atoms with van der Waals surface area (Å²) in [5.74, 6) is -0.487. The zero-order valence-electron chi connectivity index (χ0n) is 14.9. The molecule has 1 amide bonds. The molecule has 0 aliphatic heterocycles. The standard InChI is InChI=1S/C20H20N4O3/c1-2-27-16(25)11-10-15-17-14(21)9-8-13(19(22)26)18(17)24-20(23-15)12-6-4-3-5-7-12/h3-9H,2,10-11,21H2,1H3,(H2,22,26). The van der Waals surface area contributed by atoms with Crippen molar-refractivity contribution in [1.82, 2.24) is 9.97 Å². The topological polar surface area (TPSA) is 121 Å². The molecule has 1 heterocycles. The van der Waals surface area contributed by atoms with E-state index in [1.807, 2.05) is 30.3 Å². The van der Waals surface area contributed by atoms with Crippen LogP contribution in [0.25, 0.3) is 22.3 Å². The summed E-state index contributed by atoms with van der Waals surface area (Å²) in [6, 6.07) is 12.5. The largest absolute Gasteiger partial charge is 0.466 e. The van der Waals surface area contributed by atoms with Crippen molar-refractivity contribution in [3.8, 4) is 11.4 Å². The number of nitrogens with zero attached hydrogens (tertiary/aromatic N) is 2. The minimum absolute atomic E-state index is 0.147. The van der Waals surface area contributed by atoms with Gasteiger partial charge in [0.25, 0.3) is 5.91 Å². The lowest BCUT2D eigenvalue weighted by Crippen LogP contribution is -2.14. The second-order valence-electron chi connectivity index (χ2n) is 5.96. The Balaban J connectivity index is 2.19. The number of nitrogen functional groups attached to an aromatic ring is 1. The molecule has 138 valence electrons. The maximum Gasteiger partial charge on any atom is 0.306 e. The first kappa shape index (κ1) is 18.3. The molecule has 3 rings (SSSR count). The molecule has 0 aliphatic carbocycles. The van der Waals surface area contributed by atoms with Crippen molar-refractivity contribution in [3.05, 3.63) is 53.7 Å². The number of benzene rings is 2.